The van der Waals surface area contributed by atoms with Crippen LogP contribution in [0.5, 0.6) is 5.75 Å². The van der Waals surface area contributed by atoms with Gasteiger partial charge in [0.15, 0.2) is 17.4 Å². The summed E-state index contributed by atoms with van der Waals surface area (Å²) in [6.45, 7) is 0. The van der Waals surface area contributed by atoms with Gasteiger partial charge in [0, 0.05) is 0 Å². The van der Waals surface area contributed by atoms with Gasteiger partial charge in [-0.3, -0.25) is 0 Å². The van der Waals surface area contributed by atoms with Crippen molar-refractivity contribution in [2.75, 3.05) is 0 Å². The van der Waals surface area contributed by atoms with Gasteiger partial charge in [-0.1, -0.05) is 23.2 Å². The van der Waals surface area contributed by atoms with Crippen molar-refractivity contribution in [2.45, 2.75) is 0 Å². The highest BCUT2D eigenvalue weighted by molar-refractivity contribution is 6.42. The molecule has 0 saturated carbocycles. The van der Waals surface area contributed by atoms with E-state index < -0.39 is 33.2 Å². The van der Waals surface area contributed by atoms with Crippen LogP contribution in [0.1, 0.15) is 0 Å². The normalized spacial score (nSPS) is 10.4. The SMILES string of the molecule is Oc1c(F)c(F)c(Cl)c(Cl)c1F. The molecule has 0 atom stereocenters. The Balaban J connectivity index is 3.60. The van der Waals surface area contributed by atoms with E-state index in [1.807, 2.05) is 0 Å². The summed E-state index contributed by atoms with van der Waals surface area (Å²) in [5, 5.41) is 6.83. The molecule has 0 heterocycles. The molecule has 0 bridgehead atoms. The summed E-state index contributed by atoms with van der Waals surface area (Å²) in [6.07, 6.45) is 0. The molecule has 12 heavy (non-hydrogen) atoms. The van der Waals surface area contributed by atoms with Crippen molar-refractivity contribution in [1.82, 2.24) is 0 Å². The van der Waals surface area contributed by atoms with Crippen molar-refractivity contribution < 1.29 is 18.3 Å². The van der Waals surface area contributed by atoms with Crippen LogP contribution in [0.15, 0.2) is 0 Å². The summed E-state index contributed by atoms with van der Waals surface area (Å²) in [6, 6.07) is 0. The number of hydrogen-bond donors (Lipinski definition) is 1. The van der Waals surface area contributed by atoms with Crippen LogP contribution >= 0.6 is 23.2 Å². The molecule has 1 aromatic rings. The van der Waals surface area contributed by atoms with Crippen LogP contribution < -0.4 is 0 Å². The van der Waals surface area contributed by atoms with Crippen molar-refractivity contribution in [3.8, 4) is 5.75 Å². The maximum Gasteiger partial charge on any atom is 0.205 e. The molecule has 0 aliphatic heterocycles. The van der Waals surface area contributed by atoms with Crippen LogP contribution in [0.2, 0.25) is 10.0 Å². The highest BCUT2D eigenvalue weighted by Crippen LogP contribution is 2.35. The van der Waals surface area contributed by atoms with E-state index in [2.05, 4.69) is 0 Å². The predicted molar refractivity (Wildman–Crippen MR) is 38.0 cm³/mol. The monoisotopic (exact) mass is 216 g/mol. The Kier molecular flexibility index (Phi) is 2.39. The Labute approximate surface area is 75.3 Å². The number of benzene rings is 1. The lowest BCUT2D eigenvalue weighted by Gasteiger charge is -2.03. The minimum absolute atomic E-state index is 0.840. The molecule has 0 amide bonds. The molecule has 0 aliphatic rings. The molecule has 0 saturated heterocycles. The van der Waals surface area contributed by atoms with Gasteiger partial charge in [-0.2, -0.15) is 4.39 Å². The van der Waals surface area contributed by atoms with E-state index in [1.165, 1.54) is 0 Å². The molecular formula is C6HCl2F3O. The molecule has 66 valence electrons. The predicted octanol–water partition coefficient (Wildman–Crippen LogP) is 3.12. The van der Waals surface area contributed by atoms with Gasteiger partial charge in [0.25, 0.3) is 0 Å². The average molecular weight is 217 g/mol. The van der Waals surface area contributed by atoms with Crippen molar-refractivity contribution in [3.63, 3.8) is 0 Å². The van der Waals surface area contributed by atoms with Gasteiger partial charge in [-0.15, -0.1) is 0 Å². The van der Waals surface area contributed by atoms with E-state index >= 15 is 0 Å². The summed E-state index contributed by atoms with van der Waals surface area (Å²) in [5.74, 6) is -6.26. The third-order valence-corrected chi connectivity index (χ3v) is 1.99. The Hall–Kier alpha value is -0.610. The van der Waals surface area contributed by atoms with E-state index in [-0.39, 0.29) is 0 Å². The molecule has 1 aromatic carbocycles. The maximum atomic E-state index is 12.6. The molecule has 1 rings (SSSR count). The first-order valence-corrected chi connectivity index (χ1v) is 3.42. The Morgan fingerprint density at radius 2 is 1.25 bits per heavy atom. The lowest BCUT2D eigenvalue weighted by molar-refractivity contribution is 0.377. The quantitative estimate of drug-likeness (QED) is 0.522. The second-order valence-corrected chi connectivity index (χ2v) is 2.67. The summed E-state index contributed by atoms with van der Waals surface area (Å²) in [5.41, 5.74) is 0. The van der Waals surface area contributed by atoms with Gasteiger partial charge in [0.1, 0.15) is 10.0 Å². The van der Waals surface area contributed by atoms with Gasteiger partial charge < -0.3 is 5.11 Å². The molecule has 0 aliphatic carbocycles. The summed E-state index contributed by atoms with van der Waals surface area (Å²) < 4.78 is 37.5. The van der Waals surface area contributed by atoms with Gasteiger partial charge in [-0.25, -0.2) is 8.78 Å². The number of halogens is 5. The zero-order valence-corrected chi connectivity index (χ0v) is 6.85. The molecule has 0 unspecified atom stereocenters. The molecular weight excluding hydrogens is 216 g/mol. The van der Waals surface area contributed by atoms with Gasteiger partial charge >= 0.3 is 0 Å². The Morgan fingerprint density at radius 1 is 0.833 bits per heavy atom. The highest BCUT2D eigenvalue weighted by Gasteiger charge is 2.22. The summed E-state index contributed by atoms with van der Waals surface area (Å²) in [7, 11) is 0. The number of phenolic OH excluding ortho intramolecular Hbond substituents is 1. The number of hydrogen-bond acceptors (Lipinski definition) is 1. The van der Waals surface area contributed by atoms with Crippen LogP contribution in [0.3, 0.4) is 0 Å². The second-order valence-electron chi connectivity index (χ2n) is 1.92. The first kappa shape index (κ1) is 9.48. The molecule has 0 radical (unpaired) electrons. The Morgan fingerprint density at radius 3 is 1.75 bits per heavy atom. The molecule has 1 N–H and O–H groups in total. The molecule has 0 spiro atoms. The van der Waals surface area contributed by atoms with Crippen LogP contribution in [0, 0.1) is 17.5 Å². The van der Waals surface area contributed by atoms with Crippen molar-refractivity contribution >= 4 is 23.2 Å². The first-order chi connectivity index (χ1) is 5.46. The third kappa shape index (κ3) is 1.21. The van der Waals surface area contributed by atoms with Crippen LogP contribution in [-0.4, -0.2) is 5.11 Å². The molecule has 6 heteroatoms. The number of phenols is 1. The second kappa shape index (κ2) is 3.03. The third-order valence-electron chi connectivity index (χ3n) is 1.19. The average Bonchev–Trinajstić information content (AvgIpc) is 2.08. The largest absolute Gasteiger partial charge is 0.503 e. The fourth-order valence-corrected chi connectivity index (χ4v) is 0.932. The smallest absolute Gasteiger partial charge is 0.205 e. The van der Waals surface area contributed by atoms with Crippen LogP contribution in [-0.2, 0) is 0 Å². The highest BCUT2D eigenvalue weighted by atomic mass is 35.5. The molecule has 0 aromatic heterocycles. The standard InChI is InChI=1S/C6HCl2F3O/c7-1-2(8)4(10)6(12)5(11)3(1)9/h12H. The number of aromatic hydroxyl groups is 1. The van der Waals surface area contributed by atoms with Gasteiger partial charge in [0.05, 0.1) is 0 Å². The molecule has 1 nitrogen and oxygen atoms in total. The fourth-order valence-electron chi connectivity index (χ4n) is 0.593. The minimum Gasteiger partial charge on any atom is -0.503 e. The maximum absolute atomic E-state index is 12.6. The van der Waals surface area contributed by atoms with Crippen LogP contribution in [0.25, 0.3) is 0 Å². The van der Waals surface area contributed by atoms with Crippen molar-refractivity contribution in [2.24, 2.45) is 0 Å². The Bertz CT molecular complexity index is 235. The van der Waals surface area contributed by atoms with E-state index in [4.69, 9.17) is 28.3 Å². The minimum atomic E-state index is -1.75. The van der Waals surface area contributed by atoms with Crippen molar-refractivity contribution in [3.05, 3.63) is 27.5 Å². The van der Waals surface area contributed by atoms with Gasteiger partial charge in [-0.05, 0) is 0 Å². The fraction of sp³-hybridized carbons (Fsp3) is 0. The van der Waals surface area contributed by atoms with Crippen LogP contribution in [0.4, 0.5) is 13.2 Å². The van der Waals surface area contributed by atoms with E-state index in [0.29, 0.717) is 0 Å². The zero-order chi connectivity index (χ0) is 9.46. The van der Waals surface area contributed by atoms with E-state index in [0.717, 1.165) is 0 Å². The van der Waals surface area contributed by atoms with Gasteiger partial charge in [0.2, 0.25) is 5.82 Å². The summed E-state index contributed by atoms with van der Waals surface area (Å²) in [4.78, 5) is 0. The molecule has 0 fully saturated rings. The topological polar surface area (TPSA) is 20.2 Å². The first-order valence-electron chi connectivity index (χ1n) is 2.67. The summed E-state index contributed by atoms with van der Waals surface area (Å²) >= 11 is 10.1. The van der Waals surface area contributed by atoms with Crippen molar-refractivity contribution in [1.29, 1.82) is 0 Å². The van der Waals surface area contributed by atoms with E-state index in [9.17, 15) is 13.2 Å². The zero-order valence-electron chi connectivity index (χ0n) is 5.34. The van der Waals surface area contributed by atoms with E-state index in [1.54, 1.807) is 0 Å². The lowest BCUT2D eigenvalue weighted by atomic mass is 10.3. The lowest BCUT2D eigenvalue weighted by Crippen LogP contribution is -1.92. The number of rotatable bonds is 0.